The molecule has 1 heterocycles. The van der Waals surface area contributed by atoms with Crippen LogP contribution in [0, 0.1) is 13.8 Å². The van der Waals surface area contributed by atoms with Crippen LogP contribution in [-0.4, -0.2) is 33.4 Å². The van der Waals surface area contributed by atoms with E-state index in [4.69, 9.17) is 5.11 Å². The first-order valence-electron chi connectivity index (χ1n) is 7.53. The van der Waals surface area contributed by atoms with Crippen LogP contribution in [0.25, 0.3) is 5.69 Å². The van der Waals surface area contributed by atoms with Gasteiger partial charge in [0.1, 0.15) is 0 Å². The number of aliphatic hydroxyl groups is 1. The Bertz CT molecular complexity index is 630. The number of nitrogens with zero attached hydrogens (tertiary/aromatic N) is 2. The summed E-state index contributed by atoms with van der Waals surface area (Å²) in [5, 5.41) is 16.3. The second-order valence-electron chi connectivity index (χ2n) is 5.66. The van der Waals surface area contributed by atoms with Crippen molar-refractivity contribution in [2.75, 3.05) is 6.54 Å². The number of hydrogen-bond donors (Lipinski definition) is 2. The fourth-order valence-electron chi connectivity index (χ4n) is 2.30. The molecular weight excluding hydrogens is 278 g/mol. The van der Waals surface area contributed by atoms with E-state index >= 15 is 0 Å². The van der Waals surface area contributed by atoms with Gasteiger partial charge in [0.05, 0.1) is 17.5 Å². The standard InChI is InChI=1S/C17H23N3O2/c1-12-10-13(2)20(19-12)16-7-4-15(5-8-16)6-9-17(22)18-11-14(3)21/h4-5,7-8,10,14,21H,6,9,11H2,1-3H3,(H,18,22). The number of rotatable bonds is 6. The zero-order valence-corrected chi connectivity index (χ0v) is 13.3. The maximum atomic E-state index is 11.6. The number of carbonyl (C=O) groups excluding carboxylic acids is 1. The van der Waals surface area contributed by atoms with Crippen LogP contribution in [0.15, 0.2) is 30.3 Å². The molecule has 1 amide bonds. The van der Waals surface area contributed by atoms with Gasteiger partial charge in [-0.3, -0.25) is 4.79 Å². The van der Waals surface area contributed by atoms with Crippen LogP contribution in [-0.2, 0) is 11.2 Å². The lowest BCUT2D eigenvalue weighted by Crippen LogP contribution is -2.30. The summed E-state index contributed by atoms with van der Waals surface area (Å²) in [7, 11) is 0. The molecular formula is C17H23N3O2. The Morgan fingerprint density at radius 1 is 1.32 bits per heavy atom. The summed E-state index contributed by atoms with van der Waals surface area (Å²) in [6, 6.07) is 10.1. The van der Waals surface area contributed by atoms with Crippen molar-refractivity contribution < 1.29 is 9.90 Å². The number of benzene rings is 1. The second-order valence-corrected chi connectivity index (χ2v) is 5.66. The average Bonchev–Trinajstić information content (AvgIpc) is 2.82. The van der Waals surface area contributed by atoms with E-state index in [1.807, 2.05) is 48.9 Å². The first-order chi connectivity index (χ1) is 10.5. The highest BCUT2D eigenvalue weighted by Gasteiger charge is 2.06. The molecule has 0 fully saturated rings. The molecule has 0 spiro atoms. The van der Waals surface area contributed by atoms with Gasteiger partial charge in [-0.15, -0.1) is 0 Å². The van der Waals surface area contributed by atoms with Crippen LogP contribution in [0.5, 0.6) is 0 Å². The number of carbonyl (C=O) groups is 1. The third-order valence-electron chi connectivity index (χ3n) is 3.43. The molecule has 2 aromatic rings. The van der Waals surface area contributed by atoms with Gasteiger partial charge in [-0.1, -0.05) is 12.1 Å². The molecule has 0 bridgehead atoms. The summed E-state index contributed by atoms with van der Waals surface area (Å²) >= 11 is 0. The van der Waals surface area contributed by atoms with E-state index in [0.29, 0.717) is 19.4 Å². The first-order valence-corrected chi connectivity index (χ1v) is 7.53. The molecule has 0 aliphatic rings. The Morgan fingerprint density at radius 3 is 2.55 bits per heavy atom. The van der Waals surface area contributed by atoms with Crippen molar-refractivity contribution in [3.8, 4) is 5.69 Å². The number of aliphatic hydroxyl groups excluding tert-OH is 1. The highest BCUT2D eigenvalue weighted by atomic mass is 16.3. The van der Waals surface area contributed by atoms with Gasteiger partial charge in [0.15, 0.2) is 0 Å². The zero-order chi connectivity index (χ0) is 16.1. The molecule has 0 radical (unpaired) electrons. The number of aryl methyl sites for hydroxylation is 3. The minimum Gasteiger partial charge on any atom is -0.392 e. The monoisotopic (exact) mass is 301 g/mol. The molecule has 5 nitrogen and oxygen atoms in total. The second kappa shape index (κ2) is 7.22. The van der Waals surface area contributed by atoms with Gasteiger partial charge in [0.2, 0.25) is 5.91 Å². The quantitative estimate of drug-likeness (QED) is 0.856. The summed E-state index contributed by atoms with van der Waals surface area (Å²) < 4.78 is 1.91. The fraction of sp³-hybridized carbons (Fsp3) is 0.412. The molecule has 5 heteroatoms. The van der Waals surface area contributed by atoms with Gasteiger partial charge in [0, 0.05) is 18.7 Å². The molecule has 2 rings (SSSR count). The lowest BCUT2D eigenvalue weighted by Gasteiger charge is -2.08. The van der Waals surface area contributed by atoms with Crippen LogP contribution >= 0.6 is 0 Å². The van der Waals surface area contributed by atoms with Crippen LogP contribution in [0.4, 0.5) is 0 Å². The molecule has 0 saturated heterocycles. The maximum Gasteiger partial charge on any atom is 0.220 e. The van der Waals surface area contributed by atoms with Crippen molar-refractivity contribution in [3.05, 3.63) is 47.3 Å². The van der Waals surface area contributed by atoms with E-state index in [1.165, 1.54) is 0 Å². The predicted octanol–water partition coefficient (Wildman–Crippen LogP) is 1.92. The van der Waals surface area contributed by atoms with E-state index in [1.54, 1.807) is 6.92 Å². The summed E-state index contributed by atoms with van der Waals surface area (Å²) in [5.74, 6) is -0.0384. The van der Waals surface area contributed by atoms with Gasteiger partial charge in [-0.05, 0) is 51.0 Å². The zero-order valence-electron chi connectivity index (χ0n) is 13.3. The first kappa shape index (κ1) is 16.2. The molecule has 22 heavy (non-hydrogen) atoms. The summed E-state index contributed by atoms with van der Waals surface area (Å²) in [6.45, 7) is 5.96. The van der Waals surface area contributed by atoms with E-state index in [9.17, 15) is 4.79 Å². The SMILES string of the molecule is Cc1cc(C)n(-c2ccc(CCC(=O)NCC(C)O)cc2)n1. The van der Waals surface area contributed by atoms with Crippen LogP contribution in [0.2, 0.25) is 0 Å². The van der Waals surface area contributed by atoms with Crippen LogP contribution in [0.1, 0.15) is 30.3 Å². The van der Waals surface area contributed by atoms with Gasteiger partial charge in [-0.25, -0.2) is 4.68 Å². The number of aromatic nitrogens is 2. The van der Waals surface area contributed by atoms with Gasteiger partial charge >= 0.3 is 0 Å². The molecule has 2 N–H and O–H groups in total. The smallest absolute Gasteiger partial charge is 0.220 e. The largest absolute Gasteiger partial charge is 0.392 e. The molecule has 118 valence electrons. The number of hydrogen-bond acceptors (Lipinski definition) is 3. The lowest BCUT2D eigenvalue weighted by atomic mass is 10.1. The van der Waals surface area contributed by atoms with E-state index in [-0.39, 0.29) is 5.91 Å². The van der Waals surface area contributed by atoms with Gasteiger partial charge in [0.25, 0.3) is 0 Å². The van der Waals surface area contributed by atoms with E-state index < -0.39 is 6.10 Å². The average molecular weight is 301 g/mol. The number of nitrogens with one attached hydrogen (secondary N) is 1. The molecule has 1 aromatic carbocycles. The minimum atomic E-state index is -0.510. The molecule has 0 aliphatic heterocycles. The molecule has 1 aromatic heterocycles. The summed E-state index contributed by atoms with van der Waals surface area (Å²) in [6.07, 6.45) is 0.596. The third-order valence-corrected chi connectivity index (χ3v) is 3.43. The highest BCUT2D eigenvalue weighted by molar-refractivity contribution is 5.76. The normalized spacial score (nSPS) is 12.2. The molecule has 0 saturated carbocycles. The molecule has 0 aliphatic carbocycles. The van der Waals surface area contributed by atoms with E-state index in [2.05, 4.69) is 10.4 Å². The van der Waals surface area contributed by atoms with E-state index in [0.717, 1.165) is 22.6 Å². The Balaban J connectivity index is 1.92. The Hall–Kier alpha value is -2.14. The van der Waals surface area contributed by atoms with Crippen molar-refractivity contribution in [1.29, 1.82) is 0 Å². The maximum absolute atomic E-state index is 11.6. The summed E-state index contributed by atoms with van der Waals surface area (Å²) in [4.78, 5) is 11.6. The topological polar surface area (TPSA) is 67.2 Å². The van der Waals surface area contributed by atoms with Crippen LogP contribution < -0.4 is 5.32 Å². The van der Waals surface area contributed by atoms with Crippen LogP contribution in [0.3, 0.4) is 0 Å². The summed E-state index contributed by atoms with van der Waals surface area (Å²) in [5.41, 5.74) is 4.23. The van der Waals surface area contributed by atoms with Crippen molar-refractivity contribution in [1.82, 2.24) is 15.1 Å². The minimum absolute atomic E-state index is 0.0384. The highest BCUT2D eigenvalue weighted by Crippen LogP contribution is 2.13. The van der Waals surface area contributed by atoms with Crippen molar-refractivity contribution in [2.45, 2.75) is 39.7 Å². The lowest BCUT2D eigenvalue weighted by molar-refractivity contribution is -0.121. The Morgan fingerprint density at radius 2 is 2.00 bits per heavy atom. The third kappa shape index (κ3) is 4.43. The molecule has 1 unspecified atom stereocenters. The fourth-order valence-corrected chi connectivity index (χ4v) is 2.30. The number of amides is 1. The van der Waals surface area contributed by atoms with Crippen molar-refractivity contribution in [2.24, 2.45) is 0 Å². The van der Waals surface area contributed by atoms with Crippen molar-refractivity contribution in [3.63, 3.8) is 0 Å². The van der Waals surface area contributed by atoms with Gasteiger partial charge in [-0.2, -0.15) is 5.10 Å². The Kier molecular flexibility index (Phi) is 5.33. The van der Waals surface area contributed by atoms with Crippen molar-refractivity contribution >= 4 is 5.91 Å². The van der Waals surface area contributed by atoms with Gasteiger partial charge < -0.3 is 10.4 Å². The Labute approximate surface area is 131 Å². The predicted molar refractivity (Wildman–Crippen MR) is 86.0 cm³/mol. The molecule has 1 atom stereocenters.